The van der Waals surface area contributed by atoms with Gasteiger partial charge in [0.2, 0.25) is 0 Å². The molecule has 1 aliphatic carbocycles. The molecule has 0 atom stereocenters. The van der Waals surface area contributed by atoms with E-state index in [-0.39, 0.29) is 33.8 Å². The van der Waals surface area contributed by atoms with Crippen LogP contribution in [0.1, 0.15) is 36.0 Å². The second kappa shape index (κ2) is 10.8. The first-order chi connectivity index (χ1) is 21.1. The highest BCUT2D eigenvalue weighted by atomic mass is 32.2. The van der Waals surface area contributed by atoms with Crippen LogP contribution in [0.25, 0.3) is 39.4 Å². The van der Waals surface area contributed by atoms with E-state index < -0.39 is 33.8 Å². The van der Waals surface area contributed by atoms with E-state index in [1.807, 2.05) is 0 Å². The van der Waals surface area contributed by atoms with E-state index in [0.29, 0.717) is 40.8 Å². The summed E-state index contributed by atoms with van der Waals surface area (Å²) in [6, 6.07) is 17.0. The molecule has 234 valence electrons. The van der Waals surface area contributed by atoms with Crippen molar-refractivity contribution in [2.24, 2.45) is 0 Å². The number of hydrogen-bond donors (Lipinski definition) is 0. The van der Waals surface area contributed by atoms with E-state index in [1.54, 1.807) is 37.3 Å². The maximum absolute atomic E-state index is 13.8. The average molecular weight is 648 g/mol. The van der Waals surface area contributed by atoms with Crippen molar-refractivity contribution < 1.29 is 43.9 Å². The minimum absolute atomic E-state index is 0.0719. The first kappa shape index (κ1) is 30.4. The van der Waals surface area contributed by atoms with Crippen molar-refractivity contribution in [1.29, 1.82) is 0 Å². The molecule has 45 heavy (non-hydrogen) atoms. The van der Waals surface area contributed by atoms with E-state index >= 15 is 0 Å². The van der Waals surface area contributed by atoms with Gasteiger partial charge in [-0.1, -0.05) is 18.2 Å². The van der Waals surface area contributed by atoms with Crippen molar-refractivity contribution in [2.75, 3.05) is 6.26 Å². The van der Waals surface area contributed by atoms with Crippen LogP contribution in [0.4, 0.5) is 26.3 Å². The molecule has 1 saturated carbocycles. The Hall–Kier alpha value is -4.59. The summed E-state index contributed by atoms with van der Waals surface area (Å²) in [6.07, 6.45) is -7.13. The first-order valence-corrected chi connectivity index (χ1v) is 15.4. The zero-order chi connectivity index (χ0) is 32.3. The molecule has 2 aromatic heterocycles. The Bertz CT molecular complexity index is 2010. The van der Waals surface area contributed by atoms with Gasteiger partial charge < -0.3 is 9.15 Å². The molecule has 2 heterocycles. The fourth-order valence-corrected chi connectivity index (χ4v) is 5.67. The number of halogens is 6. The lowest BCUT2D eigenvalue weighted by Gasteiger charge is -2.15. The minimum Gasteiger partial charge on any atom is -0.440 e. The third-order valence-corrected chi connectivity index (χ3v) is 8.29. The van der Waals surface area contributed by atoms with Gasteiger partial charge in [0.05, 0.1) is 10.6 Å². The molecule has 0 unspecified atom stereocenters. The van der Waals surface area contributed by atoms with Gasteiger partial charge in [-0.3, -0.25) is 0 Å². The summed E-state index contributed by atoms with van der Waals surface area (Å²) in [5.41, 5.74) is 1.42. The molecule has 5 aromatic rings. The monoisotopic (exact) mass is 647 g/mol. The van der Waals surface area contributed by atoms with Crippen LogP contribution in [0, 0.1) is 6.92 Å². The lowest BCUT2D eigenvalue weighted by molar-refractivity contribution is -0.274. The molecular formula is C31H23F6N3O4S. The lowest BCUT2D eigenvalue weighted by atomic mass is 9.98. The summed E-state index contributed by atoms with van der Waals surface area (Å²) >= 11 is 0. The summed E-state index contributed by atoms with van der Waals surface area (Å²) < 4.78 is 115. The zero-order valence-electron chi connectivity index (χ0n) is 23.6. The van der Waals surface area contributed by atoms with Crippen LogP contribution in [0.5, 0.6) is 5.75 Å². The standard InChI is InChI=1S/C31H23F6N3O4S/c1-17-38-28(29(43-17)19-8-11-22(12-9-19)44-31(35,36)37)24-15-21(20-4-3-5-23(14-20)45(2,41)42)10-13-25(24)40-26(18-6-7-18)16-27(39-40)30(32,33)34/h3-5,8-16,18H,6-7H2,1-2H3. The van der Waals surface area contributed by atoms with Crippen LogP contribution in [-0.2, 0) is 16.0 Å². The number of oxazole rings is 1. The molecule has 1 fully saturated rings. The molecule has 0 aliphatic heterocycles. The fraction of sp³-hybridized carbons (Fsp3) is 0.226. The van der Waals surface area contributed by atoms with Gasteiger partial charge in [0, 0.05) is 35.9 Å². The van der Waals surface area contributed by atoms with Crippen molar-refractivity contribution in [3.8, 4) is 45.1 Å². The number of aryl methyl sites for hydroxylation is 1. The number of rotatable bonds is 7. The van der Waals surface area contributed by atoms with Crippen LogP contribution >= 0.6 is 0 Å². The molecule has 0 N–H and O–H groups in total. The summed E-state index contributed by atoms with van der Waals surface area (Å²) in [6.45, 7) is 1.55. The van der Waals surface area contributed by atoms with Gasteiger partial charge in [-0.25, -0.2) is 18.1 Å². The van der Waals surface area contributed by atoms with Crippen LogP contribution < -0.4 is 4.74 Å². The number of sulfone groups is 1. The van der Waals surface area contributed by atoms with Gasteiger partial charge in [-0.05, 0) is 78.6 Å². The Morgan fingerprint density at radius 3 is 2.18 bits per heavy atom. The lowest BCUT2D eigenvalue weighted by Crippen LogP contribution is -2.16. The van der Waals surface area contributed by atoms with Crippen molar-refractivity contribution in [1.82, 2.24) is 14.8 Å². The molecule has 0 amide bonds. The second-order valence-electron chi connectivity index (χ2n) is 10.7. The molecule has 0 saturated heterocycles. The van der Waals surface area contributed by atoms with Crippen LogP contribution in [0.2, 0.25) is 0 Å². The number of nitrogens with zero attached hydrogens (tertiary/aromatic N) is 3. The van der Waals surface area contributed by atoms with Crippen molar-refractivity contribution in [3.63, 3.8) is 0 Å². The van der Waals surface area contributed by atoms with E-state index in [2.05, 4.69) is 14.8 Å². The highest BCUT2D eigenvalue weighted by Gasteiger charge is 2.39. The summed E-state index contributed by atoms with van der Waals surface area (Å²) in [7, 11) is -3.55. The predicted octanol–water partition coefficient (Wildman–Crippen LogP) is 8.37. The molecule has 1 aliphatic rings. The summed E-state index contributed by atoms with van der Waals surface area (Å²) in [4.78, 5) is 4.60. The minimum atomic E-state index is -4.89. The quantitative estimate of drug-likeness (QED) is 0.165. The third kappa shape index (κ3) is 6.46. The normalized spacial score (nSPS) is 14.1. The molecular weight excluding hydrogens is 624 g/mol. The zero-order valence-corrected chi connectivity index (χ0v) is 24.4. The highest BCUT2D eigenvalue weighted by Crippen LogP contribution is 2.45. The Morgan fingerprint density at radius 2 is 1.56 bits per heavy atom. The molecule has 14 heteroatoms. The maximum atomic E-state index is 13.8. The van der Waals surface area contributed by atoms with E-state index in [0.717, 1.165) is 24.5 Å². The smallest absolute Gasteiger partial charge is 0.440 e. The SMILES string of the molecule is Cc1nc(-c2cc(-c3cccc(S(C)(=O)=O)c3)ccc2-n2nc(C(F)(F)F)cc2C2CC2)c(-c2ccc(OC(F)(F)F)cc2)o1. The summed E-state index contributed by atoms with van der Waals surface area (Å²) in [5.74, 6) is -0.259. The Labute approximate surface area is 253 Å². The molecule has 7 nitrogen and oxygen atoms in total. The Kier molecular flexibility index (Phi) is 7.30. The predicted molar refractivity (Wildman–Crippen MR) is 151 cm³/mol. The van der Waals surface area contributed by atoms with Crippen LogP contribution in [-0.4, -0.2) is 35.8 Å². The van der Waals surface area contributed by atoms with E-state index in [1.165, 1.54) is 28.9 Å². The highest BCUT2D eigenvalue weighted by molar-refractivity contribution is 7.90. The second-order valence-corrected chi connectivity index (χ2v) is 12.7. The van der Waals surface area contributed by atoms with Crippen molar-refractivity contribution in [3.05, 3.63) is 90.1 Å². The Morgan fingerprint density at radius 1 is 0.889 bits per heavy atom. The average Bonchev–Trinajstić information content (AvgIpc) is 3.57. The first-order valence-electron chi connectivity index (χ1n) is 13.5. The van der Waals surface area contributed by atoms with Crippen molar-refractivity contribution >= 4 is 9.84 Å². The molecule has 3 aromatic carbocycles. The summed E-state index contributed by atoms with van der Waals surface area (Å²) in [5, 5.41) is 3.93. The maximum Gasteiger partial charge on any atom is 0.573 e. The molecule has 0 radical (unpaired) electrons. The number of hydrogen-bond acceptors (Lipinski definition) is 6. The molecule has 6 rings (SSSR count). The van der Waals surface area contributed by atoms with Crippen molar-refractivity contribution in [2.45, 2.75) is 43.1 Å². The van der Waals surface area contributed by atoms with E-state index in [4.69, 9.17) is 4.42 Å². The fourth-order valence-electron chi connectivity index (χ4n) is 5.01. The van der Waals surface area contributed by atoms with Gasteiger partial charge in [0.15, 0.2) is 27.2 Å². The van der Waals surface area contributed by atoms with Gasteiger partial charge in [0.1, 0.15) is 11.4 Å². The van der Waals surface area contributed by atoms with Crippen LogP contribution in [0.15, 0.2) is 82.1 Å². The third-order valence-electron chi connectivity index (χ3n) is 7.18. The number of ether oxygens (including phenoxy) is 1. The number of alkyl halides is 6. The number of benzene rings is 3. The van der Waals surface area contributed by atoms with E-state index in [9.17, 15) is 34.8 Å². The molecule has 0 spiro atoms. The number of aromatic nitrogens is 3. The van der Waals surface area contributed by atoms with Gasteiger partial charge in [-0.2, -0.15) is 18.3 Å². The van der Waals surface area contributed by atoms with Gasteiger partial charge >= 0.3 is 12.5 Å². The largest absolute Gasteiger partial charge is 0.573 e. The van der Waals surface area contributed by atoms with Crippen LogP contribution in [0.3, 0.4) is 0 Å². The molecule has 0 bridgehead atoms. The Balaban J connectivity index is 1.56. The van der Waals surface area contributed by atoms with Gasteiger partial charge in [0.25, 0.3) is 0 Å². The van der Waals surface area contributed by atoms with Gasteiger partial charge in [-0.15, -0.1) is 13.2 Å². The topological polar surface area (TPSA) is 87.2 Å².